The van der Waals surface area contributed by atoms with Crippen molar-refractivity contribution >= 4 is 0 Å². The first-order chi connectivity index (χ1) is 8.11. The van der Waals surface area contributed by atoms with E-state index < -0.39 is 0 Å². The van der Waals surface area contributed by atoms with Crippen LogP contribution < -0.4 is 5.73 Å². The van der Waals surface area contributed by atoms with Crippen molar-refractivity contribution < 1.29 is 0 Å². The van der Waals surface area contributed by atoms with Crippen LogP contribution in [-0.2, 0) is 20.0 Å². The molecule has 0 spiro atoms. The molecule has 2 aromatic rings. The van der Waals surface area contributed by atoms with E-state index in [1.54, 1.807) is 6.33 Å². The minimum atomic E-state index is -0.101. The molecule has 0 aliphatic rings. The van der Waals surface area contributed by atoms with Gasteiger partial charge in [-0.05, 0) is 19.9 Å². The van der Waals surface area contributed by atoms with Gasteiger partial charge in [0.2, 0.25) is 0 Å². The largest absolute Gasteiger partial charge is 0.322 e. The molecule has 1 atom stereocenters. The monoisotopic (exact) mass is 234 g/mol. The molecule has 17 heavy (non-hydrogen) atoms. The maximum atomic E-state index is 6.18. The van der Waals surface area contributed by atoms with Gasteiger partial charge in [0.1, 0.15) is 12.2 Å². The summed E-state index contributed by atoms with van der Waals surface area (Å²) in [6.07, 6.45) is 2.24. The molecule has 2 N–H and O–H groups in total. The molecule has 0 amide bonds. The lowest BCUT2D eigenvalue weighted by molar-refractivity contribution is 0.556. The van der Waals surface area contributed by atoms with Crippen LogP contribution in [0.2, 0.25) is 0 Å². The third-order valence-electron chi connectivity index (χ3n) is 2.82. The topological polar surface area (TPSA) is 74.6 Å². The van der Waals surface area contributed by atoms with Gasteiger partial charge in [0.05, 0.1) is 17.4 Å². The summed E-state index contributed by atoms with van der Waals surface area (Å²) >= 11 is 0. The molecule has 2 heterocycles. The van der Waals surface area contributed by atoms with Crippen molar-refractivity contribution in [1.29, 1.82) is 0 Å². The third-order valence-corrected chi connectivity index (χ3v) is 2.82. The van der Waals surface area contributed by atoms with Gasteiger partial charge < -0.3 is 5.73 Å². The lowest BCUT2D eigenvalue weighted by Gasteiger charge is -2.11. The Kier molecular flexibility index (Phi) is 3.23. The Labute approximate surface area is 100 Å². The number of nitrogens with two attached hydrogens (primary N) is 1. The summed E-state index contributed by atoms with van der Waals surface area (Å²) in [6, 6.07) is 1.91. The second-order valence-electron chi connectivity index (χ2n) is 4.14. The van der Waals surface area contributed by atoms with E-state index in [0.717, 1.165) is 23.8 Å². The Morgan fingerprint density at radius 3 is 2.82 bits per heavy atom. The number of hydrogen-bond acceptors (Lipinski definition) is 4. The van der Waals surface area contributed by atoms with Crippen LogP contribution in [0.15, 0.2) is 12.4 Å². The Bertz CT molecular complexity index is 498. The highest BCUT2D eigenvalue weighted by Crippen LogP contribution is 2.15. The second kappa shape index (κ2) is 4.67. The van der Waals surface area contributed by atoms with Crippen LogP contribution in [0.4, 0.5) is 0 Å². The molecule has 0 saturated carbocycles. The first kappa shape index (κ1) is 11.8. The molecule has 92 valence electrons. The van der Waals surface area contributed by atoms with Crippen molar-refractivity contribution in [1.82, 2.24) is 24.5 Å². The van der Waals surface area contributed by atoms with Crippen LogP contribution in [0, 0.1) is 6.92 Å². The first-order valence-electron chi connectivity index (χ1n) is 5.74. The Morgan fingerprint density at radius 2 is 2.24 bits per heavy atom. The van der Waals surface area contributed by atoms with E-state index in [9.17, 15) is 0 Å². The van der Waals surface area contributed by atoms with Gasteiger partial charge in [0.15, 0.2) is 0 Å². The fourth-order valence-corrected chi connectivity index (χ4v) is 1.99. The molecule has 0 aromatic carbocycles. The van der Waals surface area contributed by atoms with Crippen molar-refractivity contribution in [3.63, 3.8) is 0 Å². The number of aromatic nitrogens is 5. The molecular weight excluding hydrogens is 216 g/mol. The zero-order valence-electron chi connectivity index (χ0n) is 10.5. The normalized spacial score (nSPS) is 12.9. The van der Waals surface area contributed by atoms with Crippen LogP contribution in [0.3, 0.4) is 0 Å². The van der Waals surface area contributed by atoms with Crippen LogP contribution in [0.1, 0.15) is 30.2 Å². The fraction of sp³-hybridized carbons (Fsp3) is 0.545. The van der Waals surface area contributed by atoms with Gasteiger partial charge in [-0.3, -0.25) is 9.36 Å². The number of rotatable bonds is 4. The van der Waals surface area contributed by atoms with Crippen molar-refractivity contribution in [3.05, 3.63) is 29.6 Å². The van der Waals surface area contributed by atoms with E-state index in [-0.39, 0.29) is 6.04 Å². The fourth-order valence-electron chi connectivity index (χ4n) is 1.99. The highest BCUT2D eigenvalue weighted by molar-refractivity contribution is 5.14. The second-order valence-corrected chi connectivity index (χ2v) is 4.14. The summed E-state index contributed by atoms with van der Waals surface area (Å²) in [6.45, 7) is 4.81. The lowest BCUT2D eigenvalue weighted by atomic mass is 10.1. The summed E-state index contributed by atoms with van der Waals surface area (Å²) in [7, 11) is 1.91. The molecule has 0 fully saturated rings. The standard InChI is InChI=1S/C11H18N6/c1-4-17-11(13-7-14-17)6-9(12)10-5-8(2)15-16(10)3/h5,7,9H,4,6,12H2,1-3H3. The zero-order valence-corrected chi connectivity index (χ0v) is 10.5. The maximum absolute atomic E-state index is 6.18. The molecule has 6 heteroatoms. The molecule has 0 aliphatic heterocycles. The summed E-state index contributed by atoms with van der Waals surface area (Å²) in [5.74, 6) is 0.916. The molecule has 0 bridgehead atoms. The molecule has 6 nitrogen and oxygen atoms in total. The highest BCUT2D eigenvalue weighted by atomic mass is 15.3. The lowest BCUT2D eigenvalue weighted by Crippen LogP contribution is -2.19. The Balaban J connectivity index is 2.17. The van der Waals surface area contributed by atoms with E-state index in [4.69, 9.17) is 5.73 Å². The predicted octanol–water partition coefficient (Wildman–Crippen LogP) is 0.582. The zero-order chi connectivity index (χ0) is 12.4. The number of hydrogen-bond donors (Lipinski definition) is 1. The van der Waals surface area contributed by atoms with Gasteiger partial charge in [-0.25, -0.2) is 4.98 Å². The van der Waals surface area contributed by atoms with Gasteiger partial charge >= 0.3 is 0 Å². The number of aryl methyl sites for hydroxylation is 3. The average Bonchev–Trinajstić information content (AvgIpc) is 2.84. The molecule has 2 rings (SSSR count). The minimum absolute atomic E-state index is 0.101. The van der Waals surface area contributed by atoms with Crippen molar-refractivity contribution in [2.75, 3.05) is 0 Å². The van der Waals surface area contributed by atoms with Gasteiger partial charge in [-0.1, -0.05) is 0 Å². The molecular formula is C11H18N6. The Hall–Kier alpha value is -1.69. The summed E-state index contributed by atoms with van der Waals surface area (Å²) < 4.78 is 3.69. The van der Waals surface area contributed by atoms with Crippen molar-refractivity contribution in [2.24, 2.45) is 12.8 Å². The maximum Gasteiger partial charge on any atom is 0.138 e. The van der Waals surface area contributed by atoms with Gasteiger partial charge in [0, 0.05) is 20.0 Å². The number of nitrogens with zero attached hydrogens (tertiary/aromatic N) is 5. The van der Waals surface area contributed by atoms with E-state index >= 15 is 0 Å². The smallest absolute Gasteiger partial charge is 0.138 e. The van der Waals surface area contributed by atoms with Crippen LogP contribution in [0.5, 0.6) is 0 Å². The van der Waals surface area contributed by atoms with Crippen molar-refractivity contribution in [3.8, 4) is 0 Å². The first-order valence-corrected chi connectivity index (χ1v) is 5.74. The highest BCUT2D eigenvalue weighted by Gasteiger charge is 2.15. The summed E-state index contributed by atoms with van der Waals surface area (Å²) in [4.78, 5) is 4.23. The quantitative estimate of drug-likeness (QED) is 0.839. The molecule has 0 saturated heterocycles. The summed E-state index contributed by atoms with van der Waals surface area (Å²) in [5.41, 5.74) is 8.18. The molecule has 0 radical (unpaired) electrons. The predicted molar refractivity (Wildman–Crippen MR) is 64.3 cm³/mol. The third kappa shape index (κ3) is 2.36. The molecule has 1 unspecified atom stereocenters. The van der Waals surface area contributed by atoms with E-state index in [2.05, 4.69) is 15.2 Å². The van der Waals surface area contributed by atoms with E-state index in [0.29, 0.717) is 6.42 Å². The summed E-state index contributed by atoms with van der Waals surface area (Å²) in [5, 5.41) is 8.43. The average molecular weight is 234 g/mol. The SMILES string of the molecule is CCn1ncnc1CC(N)c1cc(C)nn1C. The van der Waals surface area contributed by atoms with E-state index in [1.807, 2.05) is 36.3 Å². The van der Waals surface area contributed by atoms with Gasteiger partial charge in [-0.2, -0.15) is 10.2 Å². The van der Waals surface area contributed by atoms with Gasteiger partial charge in [0.25, 0.3) is 0 Å². The van der Waals surface area contributed by atoms with Gasteiger partial charge in [-0.15, -0.1) is 0 Å². The van der Waals surface area contributed by atoms with Crippen LogP contribution >= 0.6 is 0 Å². The van der Waals surface area contributed by atoms with Crippen LogP contribution in [0.25, 0.3) is 0 Å². The van der Waals surface area contributed by atoms with Crippen LogP contribution in [-0.4, -0.2) is 24.5 Å². The van der Waals surface area contributed by atoms with Crippen molar-refractivity contribution in [2.45, 2.75) is 32.9 Å². The Morgan fingerprint density at radius 1 is 1.47 bits per heavy atom. The van der Waals surface area contributed by atoms with E-state index in [1.165, 1.54) is 0 Å². The molecule has 2 aromatic heterocycles. The minimum Gasteiger partial charge on any atom is -0.322 e. The molecule has 0 aliphatic carbocycles.